The Bertz CT molecular complexity index is 682. The number of halogens is 3. The Balaban J connectivity index is 1.71. The zero-order valence-corrected chi connectivity index (χ0v) is 13.6. The van der Waals surface area contributed by atoms with Crippen molar-refractivity contribution in [3.63, 3.8) is 0 Å². The van der Waals surface area contributed by atoms with E-state index in [1.165, 1.54) is 12.1 Å². The normalized spacial score (nSPS) is 11.0. The summed E-state index contributed by atoms with van der Waals surface area (Å²) in [6.45, 7) is 0.354. The molecule has 1 N–H and O–H groups in total. The number of ether oxygens (including phenoxy) is 2. The van der Waals surface area contributed by atoms with Gasteiger partial charge in [0, 0.05) is 12.1 Å². The second-order valence-electron chi connectivity index (χ2n) is 5.25. The van der Waals surface area contributed by atoms with Crippen molar-refractivity contribution in [3.05, 3.63) is 54.1 Å². The lowest BCUT2D eigenvalue weighted by Crippen LogP contribution is -2.13. The van der Waals surface area contributed by atoms with Gasteiger partial charge in [0.25, 0.3) is 0 Å². The smallest absolute Gasteiger partial charge is 0.416 e. The highest BCUT2D eigenvalue weighted by Crippen LogP contribution is 2.29. The van der Waals surface area contributed by atoms with E-state index >= 15 is 0 Å². The number of alkyl halides is 3. The fraction of sp³-hybridized carbons (Fsp3) is 0.278. The predicted octanol–water partition coefficient (Wildman–Crippen LogP) is 4.51. The number of nitrogens with one attached hydrogen (secondary N) is 1. The van der Waals surface area contributed by atoms with Gasteiger partial charge in [0.1, 0.15) is 11.5 Å². The molecule has 134 valence electrons. The first-order valence-corrected chi connectivity index (χ1v) is 7.62. The Labute approximate surface area is 143 Å². The molecular weight excluding hydrogens is 335 g/mol. The molecule has 2 aromatic rings. The molecule has 0 aliphatic rings. The Morgan fingerprint density at radius 1 is 1.00 bits per heavy atom. The number of anilines is 1. The van der Waals surface area contributed by atoms with Crippen LogP contribution >= 0.6 is 0 Å². The lowest BCUT2D eigenvalue weighted by molar-refractivity contribution is -0.137. The molecule has 1 amide bonds. The number of rotatable bonds is 7. The van der Waals surface area contributed by atoms with Crippen LogP contribution in [0.2, 0.25) is 0 Å². The Morgan fingerprint density at radius 2 is 1.60 bits per heavy atom. The van der Waals surface area contributed by atoms with Crippen molar-refractivity contribution in [1.82, 2.24) is 0 Å². The summed E-state index contributed by atoms with van der Waals surface area (Å²) < 4.78 is 47.9. The maximum absolute atomic E-state index is 12.5. The summed E-state index contributed by atoms with van der Waals surface area (Å²) in [6, 6.07) is 11.4. The van der Waals surface area contributed by atoms with E-state index in [1.54, 1.807) is 31.4 Å². The molecule has 2 aromatic carbocycles. The summed E-state index contributed by atoms with van der Waals surface area (Å²) in [5.41, 5.74) is -0.424. The predicted molar refractivity (Wildman–Crippen MR) is 87.8 cm³/mol. The summed E-state index contributed by atoms with van der Waals surface area (Å²) in [5.74, 6) is 1.12. The van der Waals surface area contributed by atoms with Crippen molar-refractivity contribution in [2.75, 3.05) is 19.0 Å². The molecule has 0 aromatic heterocycles. The monoisotopic (exact) mass is 353 g/mol. The minimum atomic E-state index is -4.39. The van der Waals surface area contributed by atoms with Gasteiger partial charge < -0.3 is 14.8 Å². The fourth-order valence-corrected chi connectivity index (χ4v) is 2.06. The SMILES string of the molecule is COc1ccc(OCCCC(=O)Nc2ccc(C(F)(F)F)cc2)cc1. The largest absolute Gasteiger partial charge is 0.497 e. The first-order valence-electron chi connectivity index (χ1n) is 7.62. The van der Waals surface area contributed by atoms with Crippen LogP contribution < -0.4 is 14.8 Å². The Kier molecular flexibility index (Phi) is 6.27. The van der Waals surface area contributed by atoms with Gasteiger partial charge in [-0.25, -0.2) is 0 Å². The number of methoxy groups -OCH3 is 1. The van der Waals surface area contributed by atoms with Crippen molar-refractivity contribution in [2.45, 2.75) is 19.0 Å². The average Bonchev–Trinajstić information content (AvgIpc) is 2.59. The second kappa shape index (κ2) is 8.41. The van der Waals surface area contributed by atoms with Gasteiger partial charge in [0.2, 0.25) is 5.91 Å². The van der Waals surface area contributed by atoms with E-state index < -0.39 is 11.7 Å². The van der Waals surface area contributed by atoms with E-state index in [4.69, 9.17) is 9.47 Å². The number of carbonyl (C=O) groups excluding carboxylic acids is 1. The van der Waals surface area contributed by atoms with Gasteiger partial charge in [-0.05, 0) is 55.0 Å². The third kappa shape index (κ3) is 6.02. The topological polar surface area (TPSA) is 47.6 Å². The number of benzene rings is 2. The maximum Gasteiger partial charge on any atom is 0.416 e. The van der Waals surface area contributed by atoms with Gasteiger partial charge in [-0.15, -0.1) is 0 Å². The number of amides is 1. The highest BCUT2D eigenvalue weighted by molar-refractivity contribution is 5.90. The Morgan fingerprint density at radius 3 is 2.16 bits per heavy atom. The molecule has 0 aliphatic carbocycles. The summed E-state index contributed by atoms with van der Waals surface area (Å²) in [6.07, 6.45) is -3.70. The van der Waals surface area contributed by atoms with Crippen LogP contribution in [0.5, 0.6) is 11.5 Å². The Hall–Kier alpha value is -2.70. The van der Waals surface area contributed by atoms with Crippen LogP contribution in [0, 0.1) is 0 Å². The molecule has 7 heteroatoms. The van der Waals surface area contributed by atoms with Crippen molar-refractivity contribution in [3.8, 4) is 11.5 Å². The quantitative estimate of drug-likeness (QED) is 0.745. The molecule has 0 aliphatic heterocycles. The van der Waals surface area contributed by atoms with Crippen molar-refractivity contribution < 1.29 is 27.4 Å². The van der Waals surface area contributed by atoms with Crippen LogP contribution in [0.4, 0.5) is 18.9 Å². The summed E-state index contributed by atoms with van der Waals surface area (Å²) >= 11 is 0. The molecule has 0 spiro atoms. The van der Waals surface area contributed by atoms with E-state index in [9.17, 15) is 18.0 Å². The highest BCUT2D eigenvalue weighted by Gasteiger charge is 2.29. The molecule has 0 fully saturated rings. The second-order valence-corrected chi connectivity index (χ2v) is 5.25. The maximum atomic E-state index is 12.5. The lowest BCUT2D eigenvalue weighted by Gasteiger charge is -2.09. The van der Waals surface area contributed by atoms with Crippen LogP contribution in [0.1, 0.15) is 18.4 Å². The van der Waals surface area contributed by atoms with Gasteiger partial charge in [-0.2, -0.15) is 13.2 Å². The van der Waals surface area contributed by atoms with E-state index in [0.29, 0.717) is 24.5 Å². The molecule has 2 rings (SSSR count). The molecule has 0 bridgehead atoms. The van der Waals surface area contributed by atoms with Crippen LogP contribution in [0.15, 0.2) is 48.5 Å². The standard InChI is InChI=1S/C18H18F3NO3/c1-24-15-8-10-16(11-9-15)25-12-2-3-17(23)22-14-6-4-13(5-7-14)18(19,20)21/h4-11H,2-3,12H2,1H3,(H,22,23). The van der Waals surface area contributed by atoms with Crippen molar-refractivity contribution in [2.24, 2.45) is 0 Å². The molecule has 4 nitrogen and oxygen atoms in total. The first-order chi connectivity index (χ1) is 11.9. The zero-order chi connectivity index (χ0) is 18.3. The summed E-state index contributed by atoms with van der Waals surface area (Å²) in [5, 5.41) is 2.56. The van der Waals surface area contributed by atoms with Gasteiger partial charge in [0.15, 0.2) is 0 Å². The van der Waals surface area contributed by atoms with E-state index in [0.717, 1.165) is 17.9 Å². The summed E-state index contributed by atoms with van der Waals surface area (Å²) in [4.78, 5) is 11.8. The van der Waals surface area contributed by atoms with Crippen molar-refractivity contribution in [1.29, 1.82) is 0 Å². The van der Waals surface area contributed by atoms with E-state index in [-0.39, 0.29) is 12.3 Å². The van der Waals surface area contributed by atoms with Gasteiger partial charge in [-0.3, -0.25) is 4.79 Å². The van der Waals surface area contributed by atoms with E-state index in [2.05, 4.69) is 5.32 Å². The number of hydrogen-bond donors (Lipinski definition) is 1. The van der Waals surface area contributed by atoms with Crippen LogP contribution in [-0.2, 0) is 11.0 Å². The molecule has 0 radical (unpaired) electrons. The molecule has 0 unspecified atom stereocenters. The number of carbonyl (C=O) groups is 1. The minimum absolute atomic E-state index is 0.206. The third-order valence-electron chi connectivity index (χ3n) is 3.37. The molecule has 25 heavy (non-hydrogen) atoms. The minimum Gasteiger partial charge on any atom is -0.497 e. The number of hydrogen-bond acceptors (Lipinski definition) is 3. The van der Waals surface area contributed by atoms with Crippen LogP contribution in [-0.4, -0.2) is 19.6 Å². The zero-order valence-electron chi connectivity index (χ0n) is 13.6. The van der Waals surface area contributed by atoms with Gasteiger partial charge in [0.05, 0.1) is 19.3 Å². The van der Waals surface area contributed by atoms with Crippen LogP contribution in [0.25, 0.3) is 0 Å². The lowest BCUT2D eigenvalue weighted by atomic mass is 10.2. The highest BCUT2D eigenvalue weighted by atomic mass is 19.4. The summed E-state index contributed by atoms with van der Waals surface area (Å²) in [7, 11) is 1.57. The fourth-order valence-electron chi connectivity index (χ4n) is 2.06. The molecule has 0 heterocycles. The molecule has 0 atom stereocenters. The average molecular weight is 353 g/mol. The third-order valence-corrected chi connectivity index (χ3v) is 3.37. The van der Waals surface area contributed by atoms with Crippen molar-refractivity contribution >= 4 is 11.6 Å². The molecular formula is C18H18F3NO3. The van der Waals surface area contributed by atoms with E-state index in [1.807, 2.05) is 0 Å². The molecule has 0 saturated carbocycles. The van der Waals surface area contributed by atoms with Gasteiger partial charge in [-0.1, -0.05) is 0 Å². The van der Waals surface area contributed by atoms with Gasteiger partial charge >= 0.3 is 6.18 Å². The molecule has 0 saturated heterocycles. The first kappa shape index (κ1) is 18.6. The van der Waals surface area contributed by atoms with Crippen LogP contribution in [0.3, 0.4) is 0 Å².